The number of rotatable bonds is 3. The number of hydrogen-bond donors (Lipinski definition) is 2. The second kappa shape index (κ2) is 6.47. The van der Waals surface area contributed by atoms with E-state index in [0.717, 1.165) is 19.6 Å². The largest absolute Gasteiger partial charge is 0.298 e. The van der Waals surface area contributed by atoms with Crippen LogP contribution in [0.1, 0.15) is 40.4 Å². The number of carbonyl (C=O) groups excluding carboxylic acids is 1. The number of aryl methyl sites for hydroxylation is 1. The second-order valence-corrected chi connectivity index (χ2v) is 8.86. The van der Waals surface area contributed by atoms with Gasteiger partial charge in [0.2, 0.25) is 0 Å². The van der Waals surface area contributed by atoms with Gasteiger partial charge in [-0.1, -0.05) is 13.8 Å². The molecule has 0 saturated carbocycles. The summed E-state index contributed by atoms with van der Waals surface area (Å²) in [6.45, 7) is 9.87. The lowest BCUT2D eigenvalue weighted by Gasteiger charge is -2.22. The smallest absolute Gasteiger partial charge is 0.275 e. The first-order valence-corrected chi connectivity index (χ1v) is 8.68. The van der Waals surface area contributed by atoms with Crippen LogP contribution < -0.4 is 11.3 Å². The highest BCUT2D eigenvalue weighted by molar-refractivity contribution is 8.00. The maximum Gasteiger partial charge on any atom is 0.275 e. The summed E-state index contributed by atoms with van der Waals surface area (Å²) in [7, 11) is 0. The quantitative estimate of drug-likeness (QED) is 0.511. The molecule has 2 rings (SSSR count). The molecule has 1 aromatic heterocycles. The van der Waals surface area contributed by atoms with Crippen molar-refractivity contribution in [1.82, 2.24) is 10.3 Å². The van der Waals surface area contributed by atoms with E-state index in [4.69, 9.17) is 5.84 Å². The highest BCUT2D eigenvalue weighted by Crippen LogP contribution is 2.31. The van der Waals surface area contributed by atoms with Gasteiger partial charge in [0.1, 0.15) is 0 Å². The molecular formula is C14H23N3OS2. The third-order valence-corrected chi connectivity index (χ3v) is 6.16. The highest BCUT2D eigenvalue weighted by atomic mass is 32.2. The van der Waals surface area contributed by atoms with Gasteiger partial charge in [0.05, 0.1) is 4.88 Å². The highest BCUT2D eigenvalue weighted by Gasteiger charge is 2.24. The maximum atomic E-state index is 11.6. The zero-order chi connectivity index (χ0) is 14.8. The van der Waals surface area contributed by atoms with Crippen molar-refractivity contribution in [3.63, 3.8) is 0 Å². The fourth-order valence-electron chi connectivity index (χ4n) is 2.32. The van der Waals surface area contributed by atoms with E-state index >= 15 is 0 Å². The molecular weight excluding hydrogens is 290 g/mol. The number of thiophene rings is 1. The van der Waals surface area contributed by atoms with Gasteiger partial charge in [0.25, 0.3) is 5.91 Å². The molecule has 0 unspecified atom stereocenters. The van der Waals surface area contributed by atoms with Gasteiger partial charge >= 0.3 is 0 Å². The molecule has 112 valence electrons. The van der Waals surface area contributed by atoms with E-state index in [1.165, 1.54) is 34.0 Å². The maximum absolute atomic E-state index is 11.6. The molecule has 20 heavy (non-hydrogen) atoms. The molecule has 1 fully saturated rings. The van der Waals surface area contributed by atoms with E-state index in [0.29, 0.717) is 9.62 Å². The van der Waals surface area contributed by atoms with Crippen LogP contribution in [-0.2, 0) is 6.54 Å². The number of nitrogens with one attached hydrogen (secondary N) is 1. The van der Waals surface area contributed by atoms with Gasteiger partial charge in [0.15, 0.2) is 0 Å². The van der Waals surface area contributed by atoms with Gasteiger partial charge in [-0.2, -0.15) is 11.8 Å². The molecule has 0 aromatic carbocycles. The second-order valence-electron chi connectivity index (χ2n) is 5.80. The molecule has 0 aliphatic carbocycles. The monoisotopic (exact) mass is 313 g/mol. The Morgan fingerprint density at radius 1 is 1.50 bits per heavy atom. The first-order valence-electron chi connectivity index (χ1n) is 6.88. The van der Waals surface area contributed by atoms with Gasteiger partial charge in [-0.05, 0) is 31.5 Å². The molecule has 0 spiro atoms. The van der Waals surface area contributed by atoms with Crippen molar-refractivity contribution in [2.45, 2.75) is 38.5 Å². The summed E-state index contributed by atoms with van der Waals surface area (Å²) in [4.78, 5) is 16.0. The summed E-state index contributed by atoms with van der Waals surface area (Å²) >= 11 is 3.57. The Bertz CT molecular complexity index is 485. The van der Waals surface area contributed by atoms with Crippen LogP contribution in [0.2, 0.25) is 0 Å². The Labute approximate surface area is 129 Å². The molecule has 1 amide bonds. The average Bonchev–Trinajstić information content (AvgIpc) is 2.66. The first-order chi connectivity index (χ1) is 9.41. The Morgan fingerprint density at radius 2 is 2.25 bits per heavy atom. The normalized spacial score (nSPS) is 19.6. The van der Waals surface area contributed by atoms with E-state index in [1.54, 1.807) is 0 Å². The minimum absolute atomic E-state index is 0.197. The van der Waals surface area contributed by atoms with Gasteiger partial charge in [-0.15, -0.1) is 11.3 Å². The molecule has 1 aliphatic rings. The van der Waals surface area contributed by atoms with Crippen LogP contribution in [0, 0.1) is 6.92 Å². The average molecular weight is 313 g/mol. The molecule has 4 nitrogen and oxygen atoms in total. The number of nitrogens with two attached hydrogens (primary N) is 1. The van der Waals surface area contributed by atoms with Crippen LogP contribution in [0.3, 0.4) is 0 Å². The van der Waals surface area contributed by atoms with E-state index in [9.17, 15) is 4.79 Å². The fourth-order valence-corrected chi connectivity index (χ4v) is 4.40. The molecule has 1 aliphatic heterocycles. The topological polar surface area (TPSA) is 58.4 Å². The Morgan fingerprint density at radius 3 is 2.95 bits per heavy atom. The Hall–Kier alpha value is -0.560. The van der Waals surface area contributed by atoms with Crippen LogP contribution in [0.4, 0.5) is 0 Å². The lowest BCUT2D eigenvalue weighted by molar-refractivity contribution is 0.0957. The predicted molar refractivity (Wildman–Crippen MR) is 87.1 cm³/mol. The minimum atomic E-state index is -0.197. The van der Waals surface area contributed by atoms with E-state index in [1.807, 2.05) is 6.07 Å². The van der Waals surface area contributed by atoms with Gasteiger partial charge in [0, 0.05) is 28.5 Å². The number of nitrogens with zero attached hydrogens (tertiary/aromatic N) is 1. The number of amides is 1. The molecule has 1 aromatic rings. The van der Waals surface area contributed by atoms with Crippen molar-refractivity contribution in [3.8, 4) is 0 Å². The van der Waals surface area contributed by atoms with Crippen molar-refractivity contribution in [3.05, 3.63) is 21.4 Å². The molecule has 0 bridgehead atoms. The van der Waals surface area contributed by atoms with Crippen molar-refractivity contribution < 1.29 is 4.79 Å². The van der Waals surface area contributed by atoms with E-state index in [-0.39, 0.29) is 5.91 Å². The predicted octanol–water partition coefficient (Wildman–Crippen LogP) is 2.38. The van der Waals surface area contributed by atoms with Gasteiger partial charge in [-0.25, -0.2) is 5.84 Å². The van der Waals surface area contributed by atoms with Crippen LogP contribution in [0.5, 0.6) is 0 Å². The molecule has 6 heteroatoms. The van der Waals surface area contributed by atoms with Crippen molar-refractivity contribution >= 4 is 29.0 Å². The lowest BCUT2D eigenvalue weighted by atomic mass is 10.1. The summed E-state index contributed by atoms with van der Waals surface area (Å²) in [5.74, 6) is 6.17. The first kappa shape index (κ1) is 15.8. The van der Waals surface area contributed by atoms with Crippen LogP contribution >= 0.6 is 23.1 Å². The number of hydrogen-bond acceptors (Lipinski definition) is 5. The summed E-state index contributed by atoms with van der Waals surface area (Å²) in [6.07, 6.45) is 1.21. The van der Waals surface area contributed by atoms with Gasteiger partial charge < -0.3 is 0 Å². The van der Waals surface area contributed by atoms with E-state index in [2.05, 4.69) is 42.9 Å². The van der Waals surface area contributed by atoms with Crippen molar-refractivity contribution in [2.24, 2.45) is 5.84 Å². The number of carbonyl (C=O) groups is 1. The van der Waals surface area contributed by atoms with Crippen LogP contribution in [-0.4, -0.2) is 34.4 Å². The van der Waals surface area contributed by atoms with Crippen LogP contribution in [0.25, 0.3) is 0 Å². The van der Waals surface area contributed by atoms with Gasteiger partial charge in [-0.3, -0.25) is 15.1 Å². The molecule has 0 radical (unpaired) electrons. The number of thioether (sulfide) groups is 1. The zero-order valence-electron chi connectivity index (χ0n) is 12.4. The lowest BCUT2D eigenvalue weighted by Crippen LogP contribution is -2.29. The zero-order valence-corrected chi connectivity index (χ0v) is 14.0. The Kier molecular flexibility index (Phi) is 5.12. The molecule has 2 heterocycles. The SMILES string of the molecule is Cc1sc(C(=O)NN)cc1CN1CCSC(C)(C)CC1. The van der Waals surface area contributed by atoms with Crippen molar-refractivity contribution in [2.75, 3.05) is 18.8 Å². The summed E-state index contributed by atoms with van der Waals surface area (Å²) in [5.41, 5.74) is 3.45. The molecule has 0 atom stereocenters. The standard InChI is InChI=1S/C14H23N3OS2/c1-10-11(8-12(20-10)13(18)16-15)9-17-5-4-14(2,3)19-7-6-17/h8H,4-7,9,15H2,1-3H3,(H,16,18). The van der Waals surface area contributed by atoms with Crippen LogP contribution in [0.15, 0.2) is 6.07 Å². The number of hydrazine groups is 1. The summed E-state index contributed by atoms with van der Waals surface area (Å²) in [6, 6.07) is 1.98. The summed E-state index contributed by atoms with van der Waals surface area (Å²) in [5, 5.41) is 0. The molecule has 3 N–H and O–H groups in total. The summed E-state index contributed by atoms with van der Waals surface area (Å²) < 4.78 is 0.378. The third kappa shape index (κ3) is 3.97. The minimum Gasteiger partial charge on any atom is -0.298 e. The third-order valence-electron chi connectivity index (χ3n) is 3.70. The Balaban J connectivity index is 2.03. The molecule has 1 saturated heterocycles. The van der Waals surface area contributed by atoms with Crippen molar-refractivity contribution in [1.29, 1.82) is 0 Å². The van der Waals surface area contributed by atoms with E-state index < -0.39 is 0 Å². The fraction of sp³-hybridized carbons (Fsp3) is 0.643. The number of nitrogen functional groups attached to an aromatic ring is 1.